The molecule has 2 aromatic carbocycles. The molecular formula is C22H18FN5O3S. The van der Waals surface area contributed by atoms with Crippen LogP contribution in [0.3, 0.4) is 0 Å². The topological polar surface area (TPSA) is 102 Å². The molecule has 2 N–H and O–H groups in total. The van der Waals surface area contributed by atoms with Crippen LogP contribution in [0.2, 0.25) is 0 Å². The minimum atomic E-state index is -0.622. The Hall–Kier alpha value is -3.92. The number of benzene rings is 2. The van der Waals surface area contributed by atoms with Crippen molar-refractivity contribution in [3.8, 4) is 17.1 Å². The maximum absolute atomic E-state index is 13.4. The van der Waals surface area contributed by atoms with Gasteiger partial charge in [-0.3, -0.25) is 14.7 Å². The second-order valence-corrected chi connectivity index (χ2v) is 7.53. The van der Waals surface area contributed by atoms with Crippen molar-refractivity contribution in [2.75, 3.05) is 5.75 Å². The highest BCUT2D eigenvalue weighted by atomic mass is 32.2. The maximum Gasteiger partial charge on any atom is 0.321 e. The average molecular weight is 451 g/mol. The number of carbonyl (C=O) groups is 2. The highest BCUT2D eigenvalue weighted by molar-refractivity contribution is 7.99. The first-order valence-electron chi connectivity index (χ1n) is 9.60. The van der Waals surface area contributed by atoms with E-state index in [1.165, 1.54) is 18.4 Å². The van der Waals surface area contributed by atoms with Gasteiger partial charge in [0.15, 0.2) is 11.0 Å². The molecule has 0 aliphatic heterocycles. The smallest absolute Gasteiger partial charge is 0.321 e. The number of amides is 3. The Labute approximate surface area is 186 Å². The van der Waals surface area contributed by atoms with E-state index in [0.717, 1.165) is 17.4 Å². The number of carbonyl (C=O) groups excluding carboxylic acids is 2. The summed E-state index contributed by atoms with van der Waals surface area (Å²) in [5.41, 5.74) is 1.47. The molecule has 3 amide bonds. The molecule has 0 unspecified atom stereocenters. The van der Waals surface area contributed by atoms with Crippen molar-refractivity contribution in [1.29, 1.82) is 0 Å². The van der Waals surface area contributed by atoms with E-state index < -0.39 is 11.9 Å². The van der Waals surface area contributed by atoms with Crippen LogP contribution in [0.5, 0.6) is 0 Å². The molecule has 32 heavy (non-hydrogen) atoms. The Bertz CT molecular complexity index is 1190. The largest absolute Gasteiger partial charge is 0.467 e. The van der Waals surface area contributed by atoms with Crippen LogP contribution in [-0.2, 0) is 11.3 Å². The molecule has 0 atom stereocenters. The molecule has 0 spiro atoms. The Balaban J connectivity index is 1.45. The molecule has 4 aromatic rings. The number of rotatable bonds is 7. The Morgan fingerprint density at radius 3 is 2.50 bits per heavy atom. The summed E-state index contributed by atoms with van der Waals surface area (Å²) in [5.74, 6) is 0.193. The van der Waals surface area contributed by atoms with Crippen molar-refractivity contribution < 1.29 is 18.4 Å². The fourth-order valence-electron chi connectivity index (χ4n) is 2.88. The summed E-state index contributed by atoms with van der Waals surface area (Å²) < 4.78 is 20.3. The molecule has 0 radical (unpaired) electrons. The van der Waals surface area contributed by atoms with Gasteiger partial charge in [0.25, 0.3) is 0 Å². The molecule has 0 bridgehead atoms. The highest BCUT2D eigenvalue weighted by Crippen LogP contribution is 2.28. The molecule has 162 valence electrons. The van der Waals surface area contributed by atoms with Crippen molar-refractivity contribution in [1.82, 2.24) is 25.4 Å². The Morgan fingerprint density at radius 1 is 1.00 bits per heavy atom. The number of hydrogen-bond donors (Lipinski definition) is 2. The van der Waals surface area contributed by atoms with Gasteiger partial charge in [-0.2, -0.15) is 0 Å². The van der Waals surface area contributed by atoms with E-state index in [1.54, 1.807) is 28.8 Å². The standard InChI is InChI=1S/C22H18FN5O3S/c23-16-10-8-15(9-11-16)20-26-27-22(28(20)17-5-2-1-3-6-17)32-14-19(29)25-21(30)24-13-18-7-4-12-31-18/h1-12H,13-14H2,(H2,24,25,29,30). The third kappa shape index (κ3) is 5.22. The van der Waals surface area contributed by atoms with Crippen molar-refractivity contribution in [3.63, 3.8) is 0 Å². The van der Waals surface area contributed by atoms with Crippen molar-refractivity contribution >= 4 is 23.7 Å². The lowest BCUT2D eigenvalue weighted by atomic mass is 10.2. The number of hydrogen-bond acceptors (Lipinski definition) is 6. The predicted octanol–water partition coefficient (Wildman–Crippen LogP) is 3.78. The van der Waals surface area contributed by atoms with Crippen LogP contribution >= 0.6 is 11.8 Å². The summed E-state index contributed by atoms with van der Waals surface area (Å²) in [5, 5.41) is 13.7. The lowest BCUT2D eigenvalue weighted by molar-refractivity contribution is -0.117. The lowest BCUT2D eigenvalue weighted by Crippen LogP contribution is -2.39. The minimum Gasteiger partial charge on any atom is -0.467 e. The van der Waals surface area contributed by atoms with Crippen molar-refractivity contribution in [2.45, 2.75) is 11.7 Å². The minimum absolute atomic E-state index is 0.0530. The van der Waals surface area contributed by atoms with Gasteiger partial charge in [-0.15, -0.1) is 10.2 Å². The first-order valence-corrected chi connectivity index (χ1v) is 10.6. The van der Waals surface area contributed by atoms with E-state index >= 15 is 0 Å². The van der Waals surface area contributed by atoms with Crippen LogP contribution in [0, 0.1) is 5.82 Å². The van der Waals surface area contributed by atoms with E-state index in [9.17, 15) is 14.0 Å². The normalized spacial score (nSPS) is 10.7. The molecule has 0 fully saturated rings. The second-order valence-electron chi connectivity index (χ2n) is 6.58. The highest BCUT2D eigenvalue weighted by Gasteiger charge is 2.18. The zero-order chi connectivity index (χ0) is 22.3. The maximum atomic E-state index is 13.4. The first-order chi connectivity index (χ1) is 15.6. The fraction of sp³-hybridized carbons (Fsp3) is 0.0909. The summed E-state index contributed by atoms with van der Waals surface area (Å²) >= 11 is 1.13. The second kappa shape index (κ2) is 9.92. The van der Waals surface area contributed by atoms with E-state index in [2.05, 4.69) is 20.8 Å². The predicted molar refractivity (Wildman–Crippen MR) is 117 cm³/mol. The Kier molecular flexibility index (Phi) is 6.61. The third-order valence-corrected chi connectivity index (χ3v) is 5.27. The molecule has 0 aliphatic rings. The van der Waals surface area contributed by atoms with Gasteiger partial charge in [0.2, 0.25) is 5.91 Å². The van der Waals surface area contributed by atoms with E-state index in [-0.39, 0.29) is 18.1 Å². The number of halogens is 1. The van der Waals surface area contributed by atoms with Crippen LogP contribution in [0.1, 0.15) is 5.76 Å². The summed E-state index contributed by atoms with van der Waals surface area (Å²) in [4.78, 5) is 24.1. The van der Waals surface area contributed by atoms with Gasteiger partial charge in [-0.25, -0.2) is 9.18 Å². The molecule has 4 rings (SSSR count). The summed E-state index contributed by atoms with van der Waals surface area (Å²) in [6.07, 6.45) is 1.50. The average Bonchev–Trinajstić information content (AvgIpc) is 3.47. The number of para-hydroxylation sites is 1. The fourth-order valence-corrected chi connectivity index (χ4v) is 3.63. The van der Waals surface area contributed by atoms with Crippen LogP contribution in [0.4, 0.5) is 9.18 Å². The monoisotopic (exact) mass is 451 g/mol. The van der Waals surface area contributed by atoms with Gasteiger partial charge in [0.1, 0.15) is 11.6 Å². The number of furan rings is 1. The summed E-state index contributed by atoms with van der Waals surface area (Å²) in [7, 11) is 0. The lowest BCUT2D eigenvalue weighted by Gasteiger charge is -2.10. The van der Waals surface area contributed by atoms with E-state index in [4.69, 9.17) is 4.42 Å². The van der Waals surface area contributed by atoms with Gasteiger partial charge in [-0.05, 0) is 48.5 Å². The molecule has 2 heterocycles. The number of aromatic nitrogens is 3. The number of imide groups is 1. The molecule has 10 heteroatoms. The van der Waals surface area contributed by atoms with Gasteiger partial charge in [0.05, 0.1) is 18.6 Å². The Morgan fingerprint density at radius 2 is 1.78 bits per heavy atom. The van der Waals surface area contributed by atoms with Gasteiger partial charge < -0.3 is 9.73 Å². The van der Waals surface area contributed by atoms with Crippen molar-refractivity contribution in [3.05, 3.63) is 84.6 Å². The number of thioether (sulfide) groups is 1. The quantitative estimate of drug-likeness (QED) is 0.415. The van der Waals surface area contributed by atoms with E-state index in [1.807, 2.05) is 30.3 Å². The summed E-state index contributed by atoms with van der Waals surface area (Å²) in [6, 6.07) is 18.1. The van der Waals surface area contributed by atoms with Gasteiger partial charge in [0, 0.05) is 11.3 Å². The zero-order valence-electron chi connectivity index (χ0n) is 16.7. The molecular weight excluding hydrogens is 433 g/mol. The van der Waals surface area contributed by atoms with Gasteiger partial charge >= 0.3 is 6.03 Å². The number of urea groups is 1. The molecule has 2 aromatic heterocycles. The van der Waals surface area contributed by atoms with Crippen LogP contribution < -0.4 is 10.6 Å². The van der Waals surface area contributed by atoms with Crippen LogP contribution in [0.25, 0.3) is 17.1 Å². The van der Waals surface area contributed by atoms with Crippen LogP contribution in [0.15, 0.2) is 82.6 Å². The SMILES string of the molecule is O=C(CSc1nnc(-c2ccc(F)cc2)n1-c1ccccc1)NC(=O)NCc1ccco1. The van der Waals surface area contributed by atoms with Crippen molar-refractivity contribution in [2.24, 2.45) is 0 Å². The van der Waals surface area contributed by atoms with Crippen LogP contribution in [-0.4, -0.2) is 32.5 Å². The summed E-state index contributed by atoms with van der Waals surface area (Å²) in [6.45, 7) is 0.169. The number of nitrogens with zero attached hydrogens (tertiary/aromatic N) is 3. The first kappa shape index (κ1) is 21.3. The molecule has 0 saturated carbocycles. The van der Waals surface area contributed by atoms with Gasteiger partial charge in [-0.1, -0.05) is 30.0 Å². The molecule has 8 nitrogen and oxygen atoms in total. The third-order valence-electron chi connectivity index (χ3n) is 4.34. The number of nitrogens with one attached hydrogen (secondary N) is 2. The zero-order valence-corrected chi connectivity index (χ0v) is 17.5. The van der Waals surface area contributed by atoms with E-state index in [0.29, 0.717) is 22.3 Å². The molecule has 0 saturated heterocycles. The molecule has 0 aliphatic carbocycles.